The third-order valence-corrected chi connectivity index (χ3v) is 5.92. The maximum absolute atomic E-state index is 12.5. The Morgan fingerprint density at radius 3 is 2.79 bits per heavy atom. The van der Waals surface area contributed by atoms with Gasteiger partial charge in [-0.3, -0.25) is 9.78 Å². The van der Waals surface area contributed by atoms with Gasteiger partial charge >= 0.3 is 0 Å². The average molecular weight is 371 g/mol. The molecule has 0 spiro atoms. The minimum atomic E-state index is 0.0610. The molecule has 0 saturated heterocycles. The Morgan fingerprint density at radius 2 is 2.04 bits per heavy atom. The van der Waals surface area contributed by atoms with Gasteiger partial charge in [-0.2, -0.15) is 0 Å². The van der Waals surface area contributed by atoms with Gasteiger partial charge in [0, 0.05) is 35.5 Å². The van der Waals surface area contributed by atoms with Gasteiger partial charge in [0.25, 0.3) is 0 Å². The zero-order chi connectivity index (χ0) is 19.8. The third kappa shape index (κ3) is 3.31. The largest absolute Gasteiger partial charge is 0.310 e. The van der Waals surface area contributed by atoms with Crippen molar-refractivity contribution >= 4 is 22.5 Å². The molecule has 4 nitrogen and oxygen atoms in total. The number of amides is 1. The lowest BCUT2D eigenvalue weighted by Crippen LogP contribution is -2.15. The van der Waals surface area contributed by atoms with Gasteiger partial charge in [0.15, 0.2) is 0 Å². The Kier molecular flexibility index (Phi) is 4.71. The number of nitrogens with one attached hydrogen (secondary N) is 1. The van der Waals surface area contributed by atoms with Crippen LogP contribution in [0.5, 0.6) is 0 Å². The van der Waals surface area contributed by atoms with Crippen molar-refractivity contribution in [2.24, 2.45) is 11.8 Å². The van der Waals surface area contributed by atoms with E-state index < -0.39 is 0 Å². The summed E-state index contributed by atoms with van der Waals surface area (Å²) in [6, 6.07) is 6.18. The lowest BCUT2D eigenvalue weighted by molar-refractivity contribution is -0.117. The molecule has 2 atom stereocenters. The predicted octanol–water partition coefficient (Wildman–Crippen LogP) is 5.37. The molecule has 3 aromatic rings. The molecule has 142 valence electrons. The maximum atomic E-state index is 12.5. The summed E-state index contributed by atoms with van der Waals surface area (Å²) in [5, 5.41) is 5.17. The summed E-state index contributed by atoms with van der Waals surface area (Å²) in [4.78, 5) is 21.2. The standard InChI is InChI=1S/C24H25N3O/c1-5-6-17-9-20(17)24(28)27-23-11-18-10-19(21-12-25-8-7-14(21)2)15(3)16(4)22(18)13-26-23/h5,7-8,10-13,17,20H,1,6,9H2,2-4H3,(H,26,27,28)/t17-,20-/m1/s1. The second-order valence-electron chi connectivity index (χ2n) is 7.77. The number of aryl methyl sites for hydroxylation is 2. The Morgan fingerprint density at radius 1 is 1.21 bits per heavy atom. The highest BCUT2D eigenvalue weighted by Crippen LogP contribution is 2.42. The monoisotopic (exact) mass is 371 g/mol. The summed E-state index contributed by atoms with van der Waals surface area (Å²) >= 11 is 0. The summed E-state index contributed by atoms with van der Waals surface area (Å²) in [6.07, 6.45) is 9.32. The lowest BCUT2D eigenvalue weighted by Gasteiger charge is -2.15. The number of hydrogen-bond acceptors (Lipinski definition) is 3. The SMILES string of the molecule is C=CC[C@@H]1C[C@H]1C(=O)Nc1cc2cc(-c3cnccc3C)c(C)c(C)c2cn1. The van der Waals surface area contributed by atoms with Crippen LogP contribution in [-0.2, 0) is 4.79 Å². The molecule has 0 aliphatic heterocycles. The van der Waals surface area contributed by atoms with Gasteiger partial charge in [-0.25, -0.2) is 4.98 Å². The Hall–Kier alpha value is -3.01. The van der Waals surface area contributed by atoms with E-state index in [9.17, 15) is 4.79 Å². The minimum absolute atomic E-state index is 0.0610. The fourth-order valence-electron chi connectivity index (χ4n) is 3.93. The normalized spacial score (nSPS) is 18.1. The third-order valence-electron chi connectivity index (χ3n) is 5.92. The molecule has 1 N–H and O–H groups in total. The highest BCUT2D eigenvalue weighted by Gasteiger charge is 2.41. The van der Waals surface area contributed by atoms with Crippen LogP contribution in [0.15, 0.2) is 49.4 Å². The quantitative estimate of drug-likeness (QED) is 0.613. The topological polar surface area (TPSA) is 54.9 Å². The number of allylic oxidation sites excluding steroid dienone is 1. The molecule has 0 radical (unpaired) electrons. The van der Waals surface area contributed by atoms with Crippen LogP contribution < -0.4 is 5.32 Å². The van der Waals surface area contributed by atoms with Crippen LogP contribution in [0.1, 0.15) is 29.5 Å². The number of aromatic nitrogens is 2. The highest BCUT2D eigenvalue weighted by atomic mass is 16.2. The van der Waals surface area contributed by atoms with Gasteiger partial charge in [0.2, 0.25) is 5.91 Å². The van der Waals surface area contributed by atoms with Crippen molar-refractivity contribution in [1.29, 1.82) is 0 Å². The number of carbonyl (C=O) groups excluding carboxylic acids is 1. The first-order valence-corrected chi connectivity index (χ1v) is 9.72. The number of pyridine rings is 2. The number of nitrogens with zero attached hydrogens (tertiary/aromatic N) is 2. The van der Waals surface area contributed by atoms with Gasteiger partial charge in [-0.05, 0) is 85.4 Å². The van der Waals surface area contributed by atoms with E-state index in [0.717, 1.165) is 29.2 Å². The van der Waals surface area contributed by atoms with Crippen LogP contribution in [0.25, 0.3) is 21.9 Å². The molecular formula is C24H25N3O. The van der Waals surface area contributed by atoms with Crippen LogP contribution >= 0.6 is 0 Å². The fourth-order valence-corrected chi connectivity index (χ4v) is 3.93. The predicted molar refractivity (Wildman–Crippen MR) is 114 cm³/mol. The molecule has 2 heterocycles. The molecule has 4 rings (SSSR count). The molecular weight excluding hydrogens is 346 g/mol. The highest BCUT2D eigenvalue weighted by molar-refractivity contribution is 5.97. The smallest absolute Gasteiger partial charge is 0.228 e. The van der Waals surface area contributed by atoms with E-state index in [2.05, 4.69) is 48.7 Å². The molecule has 1 aromatic carbocycles. The first kappa shape index (κ1) is 18.4. The van der Waals surface area contributed by atoms with E-state index in [4.69, 9.17) is 0 Å². The van der Waals surface area contributed by atoms with E-state index in [1.165, 1.54) is 22.3 Å². The first-order chi connectivity index (χ1) is 13.5. The summed E-state index contributed by atoms with van der Waals surface area (Å²) < 4.78 is 0. The molecule has 0 unspecified atom stereocenters. The van der Waals surface area contributed by atoms with Gasteiger partial charge in [-0.1, -0.05) is 6.08 Å². The van der Waals surface area contributed by atoms with Crippen molar-refractivity contribution in [3.63, 3.8) is 0 Å². The van der Waals surface area contributed by atoms with Crippen molar-refractivity contribution in [2.45, 2.75) is 33.6 Å². The van der Waals surface area contributed by atoms with Crippen molar-refractivity contribution in [3.8, 4) is 11.1 Å². The number of anilines is 1. The number of hydrogen-bond donors (Lipinski definition) is 1. The average Bonchev–Trinajstić information content (AvgIpc) is 3.45. The van der Waals surface area contributed by atoms with Crippen LogP contribution in [0.3, 0.4) is 0 Å². The first-order valence-electron chi connectivity index (χ1n) is 9.72. The molecule has 1 saturated carbocycles. The maximum Gasteiger partial charge on any atom is 0.228 e. The van der Waals surface area contributed by atoms with Crippen LogP contribution in [0.4, 0.5) is 5.82 Å². The summed E-state index contributed by atoms with van der Waals surface area (Å²) in [7, 11) is 0. The van der Waals surface area contributed by atoms with E-state index in [1.807, 2.05) is 36.8 Å². The number of carbonyl (C=O) groups is 1. The molecule has 1 amide bonds. The summed E-state index contributed by atoms with van der Waals surface area (Å²) in [6.45, 7) is 10.1. The van der Waals surface area contributed by atoms with Gasteiger partial charge in [0.05, 0.1) is 0 Å². The molecule has 28 heavy (non-hydrogen) atoms. The Labute approximate surface area is 165 Å². The van der Waals surface area contributed by atoms with Crippen molar-refractivity contribution < 1.29 is 4.79 Å². The van der Waals surface area contributed by atoms with Crippen molar-refractivity contribution in [1.82, 2.24) is 9.97 Å². The molecule has 2 aromatic heterocycles. The van der Waals surface area contributed by atoms with Crippen molar-refractivity contribution in [2.75, 3.05) is 5.32 Å². The zero-order valence-electron chi connectivity index (χ0n) is 16.6. The number of benzene rings is 1. The minimum Gasteiger partial charge on any atom is -0.310 e. The molecule has 0 bridgehead atoms. The van der Waals surface area contributed by atoms with Gasteiger partial charge < -0.3 is 5.32 Å². The van der Waals surface area contributed by atoms with Crippen molar-refractivity contribution in [3.05, 3.63) is 66.1 Å². The Balaban J connectivity index is 1.69. The van der Waals surface area contributed by atoms with E-state index in [0.29, 0.717) is 11.7 Å². The Bertz CT molecular complexity index is 1090. The van der Waals surface area contributed by atoms with E-state index >= 15 is 0 Å². The van der Waals surface area contributed by atoms with Crippen LogP contribution in [-0.4, -0.2) is 15.9 Å². The molecule has 1 fully saturated rings. The van der Waals surface area contributed by atoms with Gasteiger partial charge in [0.1, 0.15) is 5.82 Å². The molecule has 1 aliphatic carbocycles. The number of fused-ring (bicyclic) bond motifs is 1. The second-order valence-corrected chi connectivity index (χ2v) is 7.77. The fraction of sp³-hybridized carbons (Fsp3) is 0.292. The molecule has 4 heteroatoms. The van der Waals surface area contributed by atoms with Crippen LogP contribution in [0.2, 0.25) is 0 Å². The lowest BCUT2D eigenvalue weighted by atomic mass is 9.92. The van der Waals surface area contributed by atoms with Crippen LogP contribution in [0, 0.1) is 32.6 Å². The van der Waals surface area contributed by atoms with E-state index in [1.54, 1.807) is 0 Å². The number of rotatable bonds is 5. The van der Waals surface area contributed by atoms with E-state index in [-0.39, 0.29) is 11.8 Å². The van der Waals surface area contributed by atoms with Gasteiger partial charge in [-0.15, -0.1) is 6.58 Å². The zero-order valence-corrected chi connectivity index (χ0v) is 16.6. The summed E-state index contributed by atoms with van der Waals surface area (Å²) in [5.74, 6) is 1.19. The second kappa shape index (κ2) is 7.19. The molecule has 1 aliphatic rings. The summed E-state index contributed by atoms with van der Waals surface area (Å²) in [5.41, 5.74) is 5.94.